The molecule has 5 rings (SSSR count). The first-order valence-electron chi connectivity index (χ1n) is 12.8. The molecule has 0 saturated heterocycles. The van der Waals surface area contributed by atoms with Crippen molar-refractivity contribution < 1.29 is 4.79 Å². The van der Waals surface area contributed by atoms with Crippen LogP contribution < -0.4 is 10.6 Å². The predicted octanol–water partition coefficient (Wildman–Crippen LogP) is 6.79. The molecular weight excluding hydrogens is 507 g/mol. The van der Waals surface area contributed by atoms with E-state index in [2.05, 4.69) is 29.6 Å². The number of fused-ring (bicyclic) bond motifs is 1. The van der Waals surface area contributed by atoms with Crippen LogP contribution >= 0.6 is 23.2 Å². The zero-order valence-corrected chi connectivity index (χ0v) is 22.4. The molecule has 37 heavy (non-hydrogen) atoms. The molecule has 1 fully saturated rings. The van der Waals surface area contributed by atoms with Crippen molar-refractivity contribution in [3.8, 4) is 5.69 Å². The molecule has 0 spiro atoms. The summed E-state index contributed by atoms with van der Waals surface area (Å²) < 4.78 is 1.79. The summed E-state index contributed by atoms with van der Waals surface area (Å²) in [5, 5.41) is 13.6. The van der Waals surface area contributed by atoms with Crippen LogP contribution in [0, 0.1) is 0 Å². The number of nitrogens with one attached hydrogen (secondary N) is 2. The predicted molar refractivity (Wildman–Crippen MR) is 149 cm³/mol. The number of carbonyl (C=O) groups is 1. The van der Waals surface area contributed by atoms with E-state index in [4.69, 9.17) is 33.2 Å². The van der Waals surface area contributed by atoms with Gasteiger partial charge in [0.25, 0.3) is 5.91 Å². The van der Waals surface area contributed by atoms with Gasteiger partial charge in [-0.3, -0.25) is 4.79 Å². The Kier molecular flexibility index (Phi) is 7.63. The molecule has 1 atom stereocenters. The molecule has 1 amide bonds. The van der Waals surface area contributed by atoms with E-state index in [1.165, 1.54) is 0 Å². The number of hydrogen-bond donors (Lipinski definition) is 2. The van der Waals surface area contributed by atoms with Crippen LogP contribution in [0.15, 0.2) is 54.7 Å². The van der Waals surface area contributed by atoms with Crippen molar-refractivity contribution in [1.29, 1.82) is 0 Å². The number of para-hydroxylation sites is 1. The normalized spacial score (nSPS) is 18.5. The first kappa shape index (κ1) is 25.5. The highest BCUT2D eigenvalue weighted by atomic mass is 35.5. The Morgan fingerprint density at radius 3 is 2.43 bits per heavy atom. The summed E-state index contributed by atoms with van der Waals surface area (Å²) in [4.78, 5) is 22.4. The number of halogens is 2. The zero-order chi connectivity index (χ0) is 25.9. The lowest BCUT2D eigenvalue weighted by Gasteiger charge is -2.30. The van der Waals surface area contributed by atoms with Crippen LogP contribution in [0.2, 0.25) is 10.0 Å². The number of carbonyl (C=O) groups excluding carboxylic acids is 1. The maximum absolute atomic E-state index is 12.6. The summed E-state index contributed by atoms with van der Waals surface area (Å²) in [6.45, 7) is 4.27. The van der Waals surface area contributed by atoms with Crippen LogP contribution in [-0.2, 0) is 0 Å². The molecule has 0 radical (unpaired) electrons. The smallest absolute Gasteiger partial charge is 0.251 e. The van der Waals surface area contributed by atoms with Crippen molar-refractivity contribution in [3.05, 3.63) is 76.2 Å². The molecule has 192 valence electrons. The van der Waals surface area contributed by atoms with Crippen molar-refractivity contribution in [1.82, 2.24) is 25.1 Å². The van der Waals surface area contributed by atoms with Crippen molar-refractivity contribution in [2.75, 3.05) is 5.32 Å². The minimum Gasteiger partial charge on any atom is -0.367 e. The van der Waals surface area contributed by atoms with Gasteiger partial charge in [0, 0.05) is 28.6 Å². The summed E-state index contributed by atoms with van der Waals surface area (Å²) >= 11 is 12.4. The lowest BCUT2D eigenvalue weighted by molar-refractivity contribution is 0.0926. The fraction of sp³-hybridized carbons (Fsp3) is 0.357. The molecule has 9 heteroatoms. The standard InChI is InChI=1S/C28H30Cl2N6O/c1-3-17(2)25-34-26(22-16-31-36(27(22)35-25)24-7-5-4-6-23(24)30)32-20-12-14-21(15-13-20)33-28(37)18-8-10-19(29)11-9-18/h4-11,16-17,20-21H,3,12-15H2,1-2H3,(H,33,37)(H,32,34,35). The summed E-state index contributed by atoms with van der Waals surface area (Å²) in [6, 6.07) is 15.0. The molecule has 1 aliphatic carbocycles. The Labute approximate surface area is 226 Å². The van der Waals surface area contributed by atoms with E-state index in [9.17, 15) is 4.79 Å². The highest BCUT2D eigenvalue weighted by Gasteiger charge is 2.25. The summed E-state index contributed by atoms with van der Waals surface area (Å²) in [7, 11) is 0. The van der Waals surface area contributed by atoms with E-state index >= 15 is 0 Å². The molecule has 0 bridgehead atoms. The van der Waals surface area contributed by atoms with Gasteiger partial charge in [0.1, 0.15) is 11.6 Å². The number of hydrogen-bond acceptors (Lipinski definition) is 5. The second-order valence-electron chi connectivity index (χ2n) is 9.66. The van der Waals surface area contributed by atoms with Gasteiger partial charge < -0.3 is 10.6 Å². The van der Waals surface area contributed by atoms with E-state index in [-0.39, 0.29) is 23.9 Å². The fourth-order valence-corrected chi connectivity index (χ4v) is 5.02. The van der Waals surface area contributed by atoms with E-state index in [0.29, 0.717) is 15.6 Å². The molecule has 2 aromatic heterocycles. The highest BCUT2D eigenvalue weighted by molar-refractivity contribution is 6.32. The number of anilines is 1. The molecule has 1 saturated carbocycles. The van der Waals surface area contributed by atoms with Gasteiger partial charge in [0.05, 0.1) is 22.3 Å². The van der Waals surface area contributed by atoms with E-state index in [0.717, 1.165) is 60.5 Å². The molecule has 2 heterocycles. The van der Waals surface area contributed by atoms with Crippen molar-refractivity contribution in [2.24, 2.45) is 0 Å². The second kappa shape index (κ2) is 11.1. The van der Waals surface area contributed by atoms with Crippen LogP contribution in [0.4, 0.5) is 5.82 Å². The van der Waals surface area contributed by atoms with Crippen LogP contribution in [-0.4, -0.2) is 37.7 Å². The quantitative estimate of drug-likeness (QED) is 0.271. The van der Waals surface area contributed by atoms with Crippen molar-refractivity contribution in [2.45, 2.75) is 64.0 Å². The lowest BCUT2D eigenvalue weighted by Crippen LogP contribution is -2.40. The maximum atomic E-state index is 12.6. The zero-order valence-electron chi connectivity index (χ0n) is 20.9. The Morgan fingerprint density at radius 1 is 1.03 bits per heavy atom. The topological polar surface area (TPSA) is 84.7 Å². The van der Waals surface area contributed by atoms with Crippen LogP contribution in [0.25, 0.3) is 16.7 Å². The number of aromatic nitrogens is 4. The summed E-state index contributed by atoms with van der Waals surface area (Å²) in [5.41, 5.74) is 2.15. The molecule has 2 aromatic carbocycles. The minimum absolute atomic E-state index is 0.0595. The second-order valence-corrected chi connectivity index (χ2v) is 10.5. The van der Waals surface area contributed by atoms with Gasteiger partial charge in [-0.1, -0.05) is 49.2 Å². The molecule has 0 aliphatic heterocycles. The van der Waals surface area contributed by atoms with Crippen molar-refractivity contribution in [3.63, 3.8) is 0 Å². The molecule has 1 unspecified atom stereocenters. The van der Waals surface area contributed by atoms with Gasteiger partial charge in [0.15, 0.2) is 5.65 Å². The Hall–Kier alpha value is -3.16. The third kappa shape index (κ3) is 5.58. The minimum atomic E-state index is -0.0595. The number of amides is 1. The van der Waals surface area contributed by atoms with E-state index < -0.39 is 0 Å². The van der Waals surface area contributed by atoms with Gasteiger partial charge >= 0.3 is 0 Å². The van der Waals surface area contributed by atoms with E-state index in [1.807, 2.05) is 24.3 Å². The highest BCUT2D eigenvalue weighted by Crippen LogP contribution is 2.30. The van der Waals surface area contributed by atoms with Crippen LogP contribution in [0.1, 0.15) is 68.1 Å². The van der Waals surface area contributed by atoms with E-state index in [1.54, 1.807) is 35.1 Å². The lowest BCUT2D eigenvalue weighted by atomic mass is 9.91. The summed E-state index contributed by atoms with van der Waals surface area (Å²) in [6.07, 6.45) is 6.37. The first-order valence-corrected chi connectivity index (χ1v) is 13.5. The molecular formula is C28H30Cl2N6O. The number of rotatable bonds is 7. The van der Waals surface area contributed by atoms with Gasteiger partial charge in [0.2, 0.25) is 0 Å². The molecule has 7 nitrogen and oxygen atoms in total. The molecule has 4 aromatic rings. The third-order valence-electron chi connectivity index (χ3n) is 7.09. The maximum Gasteiger partial charge on any atom is 0.251 e. The number of nitrogens with zero attached hydrogens (tertiary/aromatic N) is 4. The Morgan fingerprint density at radius 2 is 1.73 bits per heavy atom. The van der Waals surface area contributed by atoms with Gasteiger partial charge in [-0.15, -0.1) is 0 Å². The van der Waals surface area contributed by atoms with Gasteiger partial charge in [-0.2, -0.15) is 5.10 Å². The largest absolute Gasteiger partial charge is 0.367 e. The average molecular weight is 537 g/mol. The summed E-state index contributed by atoms with van der Waals surface area (Å²) in [5.74, 6) is 1.73. The van der Waals surface area contributed by atoms with Crippen molar-refractivity contribution >= 4 is 46.0 Å². The van der Waals surface area contributed by atoms with Crippen LogP contribution in [0.5, 0.6) is 0 Å². The fourth-order valence-electron chi connectivity index (χ4n) is 4.68. The Bertz CT molecular complexity index is 1400. The number of benzene rings is 2. The molecule has 2 N–H and O–H groups in total. The van der Waals surface area contributed by atoms with Crippen LogP contribution in [0.3, 0.4) is 0 Å². The monoisotopic (exact) mass is 536 g/mol. The SMILES string of the molecule is CCC(C)c1nc(NC2CCC(NC(=O)c3ccc(Cl)cc3)CC2)c2cnn(-c3ccccc3Cl)c2n1. The van der Waals surface area contributed by atoms with Gasteiger partial charge in [-0.25, -0.2) is 14.6 Å². The third-order valence-corrected chi connectivity index (χ3v) is 7.66. The average Bonchev–Trinajstić information content (AvgIpc) is 3.34. The first-order chi connectivity index (χ1) is 17.9. The Balaban J connectivity index is 1.33. The van der Waals surface area contributed by atoms with Gasteiger partial charge in [-0.05, 0) is 68.5 Å². The molecule has 1 aliphatic rings.